The number of ketones is 1. The molecule has 1 aliphatic carbocycles. The van der Waals surface area contributed by atoms with Crippen molar-refractivity contribution in [3.63, 3.8) is 0 Å². The van der Waals surface area contributed by atoms with E-state index in [4.69, 9.17) is 23.2 Å². The molecular formula is C12H12Cl2O. The van der Waals surface area contributed by atoms with Gasteiger partial charge in [-0.1, -0.05) is 30.1 Å². The molecular weight excluding hydrogens is 231 g/mol. The van der Waals surface area contributed by atoms with Gasteiger partial charge in [-0.25, -0.2) is 0 Å². The van der Waals surface area contributed by atoms with Crippen LogP contribution in [0.1, 0.15) is 31.2 Å². The molecule has 0 heterocycles. The second kappa shape index (κ2) is 4.15. The predicted molar refractivity (Wildman–Crippen MR) is 62.6 cm³/mol. The minimum atomic E-state index is 0.140. The Kier molecular flexibility index (Phi) is 3.03. The highest BCUT2D eigenvalue weighted by Gasteiger charge is 2.39. The van der Waals surface area contributed by atoms with E-state index in [1.54, 1.807) is 12.1 Å². The highest BCUT2D eigenvalue weighted by molar-refractivity contribution is 6.33. The van der Waals surface area contributed by atoms with Crippen LogP contribution in [-0.2, 0) is 4.79 Å². The van der Waals surface area contributed by atoms with Crippen molar-refractivity contribution in [3.8, 4) is 0 Å². The third kappa shape index (κ3) is 1.91. The fourth-order valence-corrected chi connectivity index (χ4v) is 2.65. The molecule has 0 amide bonds. The molecule has 1 nitrogen and oxygen atoms in total. The minimum absolute atomic E-state index is 0.140. The van der Waals surface area contributed by atoms with Crippen molar-refractivity contribution in [2.24, 2.45) is 5.92 Å². The monoisotopic (exact) mass is 242 g/mol. The zero-order chi connectivity index (χ0) is 11.0. The van der Waals surface area contributed by atoms with Gasteiger partial charge in [0.2, 0.25) is 0 Å². The number of benzene rings is 1. The Labute approximate surface area is 99.4 Å². The van der Waals surface area contributed by atoms with E-state index in [1.165, 1.54) is 0 Å². The second-order valence-electron chi connectivity index (χ2n) is 3.96. The van der Waals surface area contributed by atoms with E-state index in [9.17, 15) is 4.79 Å². The molecule has 2 rings (SSSR count). The maximum atomic E-state index is 11.4. The van der Waals surface area contributed by atoms with E-state index in [-0.39, 0.29) is 11.8 Å². The lowest BCUT2D eigenvalue weighted by atomic mass is 9.68. The van der Waals surface area contributed by atoms with Crippen molar-refractivity contribution >= 4 is 29.0 Å². The fourth-order valence-electron chi connectivity index (χ4n) is 2.21. The van der Waals surface area contributed by atoms with Crippen LogP contribution in [0.2, 0.25) is 10.0 Å². The summed E-state index contributed by atoms with van der Waals surface area (Å²) in [7, 11) is 0. The molecule has 1 aliphatic rings. The summed E-state index contributed by atoms with van der Waals surface area (Å²) in [5.74, 6) is 0.758. The van der Waals surface area contributed by atoms with Gasteiger partial charge in [0.15, 0.2) is 0 Å². The lowest BCUT2D eigenvalue weighted by Gasteiger charge is -2.35. The number of halogens is 2. The van der Waals surface area contributed by atoms with Crippen LogP contribution < -0.4 is 0 Å². The highest BCUT2D eigenvalue weighted by atomic mass is 35.5. The summed E-state index contributed by atoms with van der Waals surface area (Å²) in [6.07, 6.45) is 1.49. The number of rotatable bonds is 2. The average molecular weight is 243 g/mol. The van der Waals surface area contributed by atoms with Crippen molar-refractivity contribution in [1.82, 2.24) is 0 Å². The summed E-state index contributed by atoms with van der Waals surface area (Å²) >= 11 is 12.0. The molecule has 0 bridgehead atoms. The van der Waals surface area contributed by atoms with Crippen LogP contribution in [0.15, 0.2) is 18.2 Å². The van der Waals surface area contributed by atoms with Crippen LogP contribution >= 0.6 is 23.2 Å². The summed E-state index contributed by atoms with van der Waals surface area (Å²) in [6.45, 7) is 2.03. The molecule has 0 saturated heterocycles. The Bertz CT molecular complexity index is 401. The Hall–Kier alpha value is -0.530. The molecule has 80 valence electrons. The van der Waals surface area contributed by atoms with Gasteiger partial charge in [-0.15, -0.1) is 0 Å². The number of carbonyl (C=O) groups excluding carboxylic acids is 1. The minimum Gasteiger partial charge on any atom is -0.299 e. The number of hydrogen-bond acceptors (Lipinski definition) is 1. The quantitative estimate of drug-likeness (QED) is 0.764. The van der Waals surface area contributed by atoms with Gasteiger partial charge in [0.05, 0.1) is 0 Å². The fraction of sp³-hybridized carbons (Fsp3) is 0.417. The number of carbonyl (C=O) groups is 1. The highest BCUT2D eigenvalue weighted by Crippen LogP contribution is 2.44. The Morgan fingerprint density at radius 2 is 2.13 bits per heavy atom. The maximum absolute atomic E-state index is 11.4. The maximum Gasteiger partial charge on any atom is 0.137 e. The van der Waals surface area contributed by atoms with Crippen LogP contribution in [0.4, 0.5) is 0 Å². The van der Waals surface area contributed by atoms with Crippen LogP contribution in [0.5, 0.6) is 0 Å². The molecule has 0 radical (unpaired) electrons. The molecule has 0 aromatic heterocycles. The van der Waals surface area contributed by atoms with Gasteiger partial charge in [-0.3, -0.25) is 4.79 Å². The number of hydrogen-bond donors (Lipinski definition) is 0. The largest absolute Gasteiger partial charge is 0.299 e. The van der Waals surface area contributed by atoms with E-state index < -0.39 is 0 Å². The predicted octanol–water partition coefficient (Wildman–Crippen LogP) is 4.08. The Morgan fingerprint density at radius 3 is 2.73 bits per heavy atom. The zero-order valence-electron chi connectivity index (χ0n) is 8.47. The van der Waals surface area contributed by atoms with Gasteiger partial charge in [0.1, 0.15) is 5.78 Å². The van der Waals surface area contributed by atoms with Crippen molar-refractivity contribution in [1.29, 1.82) is 0 Å². The lowest BCUT2D eigenvalue weighted by molar-refractivity contribution is -0.131. The number of Topliss-reactive ketones (excluding diaryl/α,β-unsaturated/α-hetero) is 1. The van der Waals surface area contributed by atoms with E-state index in [2.05, 4.69) is 0 Å². The molecule has 1 aromatic rings. The normalized spacial score (nSPS) is 25.1. The van der Waals surface area contributed by atoms with Crippen molar-refractivity contribution < 1.29 is 4.79 Å². The van der Waals surface area contributed by atoms with Gasteiger partial charge in [-0.05, 0) is 30.2 Å². The first-order chi connectivity index (χ1) is 7.13. The SMILES string of the molecule is CCC1C(=O)CC1c1cc(Cl)ccc1Cl. The summed E-state index contributed by atoms with van der Waals surface area (Å²) in [5, 5.41) is 1.40. The Balaban J connectivity index is 2.30. The van der Waals surface area contributed by atoms with Crippen molar-refractivity contribution in [3.05, 3.63) is 33.8 Å². The first kappa shape index (κ1) is 11.0. The lowest BCUT2D eigenvalue weighted by Crippen LogP contribution is -2.34. The topological polar surface area (TPSA) is 17.1 Å². The molecule has 0 spiro atoms. The van der Waals surface area contributed by atoms with Crippen molar-refractivity contribution in [2.45, 2.75) is 25.7 Å². The summed E-state index contributed by atoms with van der Waals surface area (Å²) in [5.41, 5.74) is 1.02. The van der Waals surface area contributed by atoms with Gasteiger partial charge in [-0.2, -0.15) is 0 Å². The summed E-state index contributed by atoms with van der Waals surface area (Å²) in [6, 6.07) is 5.45. The third-order valence-corrected chi connectivity index (χ3v) is 3.70. The van der Waals surface area contributed by atoms with Crippen LogP contribution in [0.25, 0.3) is 0 Å². The zero-order valence-corrected chi connectivity index (χ0v) is 9.98. The molecule has 1 aromatic carbocycles. The van der Waals surface area contributed by atoms with Crippen molar-refractivity contribution in [2.75, 3.05) is 0 Å². The molecule has 2 atom stereocenters. The van der Waals surface area contributed by atoms with E-state index in [1.807, 2.05) is 13.0 Å². The second-order valence-corrected chi connectivity index (χ2v) is 4.80. The first-order valence-electron chi connectivity index (χ1n) is 5.11. The van der Waals surface area contributed by atoms with E-state index >= 15 is 0 Å². The summed E-state index contributed by atoms with van der Waals surface area (Å²) in [4.78, 5) is 11.4. The van der Waals surface area contributed by atoms with Crippen LogP contribution in [0, 0.1) is 5.92 Å². The van der Waals surface area contributed by atoms with Crippen LogP contribution in [-0.4, -0.2) is 5.78 Å². The van der Waals surface area contributed by atoms with Gasteiger partial charge in [0, 0.05) is 28.3 Å². The average Bonchev–Trinajstić information content (AvgIpc) is 2.19. The standard InChI is InChI=1S/C12H12Cl2O/c1-2-8-9(6-12(8)15)10-5-7(13)3-4-11(10)14/h3-5,8-9H,2,6H2,1H3. The van der Waals surface area contributed by atoms with Crippen LogP contribution in [0.3, 0.4) is 0 Å². The van der Waals surface area contributed by atoms with E-state index in [0.29, 0.717) is 17.2 Å². The molecule has 15 heavy (non-hydrogen) atoms. The third-order valence-electron chi connectivity index (χ3n) is 3.12. The molecule has 2 unspecified atom stereocenters. The van der Waals surface area contributed by atoms with Gasteiger partial charge < -0.3 is 0 Å². The van der Waals surface area contributed by atoms with Gasteiger partial charge >= 0.3 is 0 Å². The molecule has 1 saturated carbocycles. The molecule has 0 N–H and O–H groups in total. The summed E-state index contributed by atoms with van der Waals surface area (Å²) < 4.78 is 0. The smallest absolute Gasteiger partial charge is 0.137 e. The first-order valence-corrected chi connectivity index (χ1v) is 5.86. The molecule has 0 aliphatic heterocycles. The Morgan fingerprint density at radius 1 is 1.40 bits per heavy atom. The molecule has 1 fully saturated rings. The van der Waals surface area contributed by atoms with E-state index in [0.717, 1.165) is 17.0 Å². The van der Waals surface area contributed by atoms with Gasteiger partial charge in [0.25, 0.3) is 0 Å². The molecule has 3 heteroatoms.